The average molecular weight is 445 g/mol. The van der Waals surface area contributed by atoms with Crippen molar-refractivity contribution in [1.29, 1.82) is 0 Å². The maximum atomic E-state index is 12.5. The molecule has 154 valence electrons. The fourth-order valence-corrected chi connectivity index (χ4v) is 4.61. The zero-order valence-corrected chi connectivity index (χ0v) is 17.5. The number of thioether (sulfide) groups is 1. The Kier molecular flexibility index (Phi) is 5.26. The maximum Gasteiger partial charge on any atom is 0.346 e. The van der Waals surface area contributed by atoms with Gasteiger partial charge in [0, 0.05) is 20.2 Å². The zero-order chi connectivity index (χ0) is 21.4. The van der Waals surface area contributed by atoms with Gasteiger partial charge in [-0.05, 0) is 12.1 Å². The highest BCUT2D eigenvalue weighted by Crippen LogP contribution is 2.23. The van der Waals surface area contributed by atoms with Gasteiger partial charge in [-0.3, -0.25) is 23.4 Å². The first-order valence-electron chi connectivity index (χ1n) is 8.68. The third-order valence-electron chi connectivity index (χ3n) is 4.25. The smallest absolute Gasteiger partial charge is 0.346 e. The van der Waals surface area contributed by atoms with Gasteiger partial charge in [-0.1, -0.05) is 35.2 Å². The third-order valence-corrected chi connectivity index (χ3v) is 6.18. The van der Waals surface area contributed by atoms with E-state index in [4.69, 9.17) is 4.74 Å². The number of rotatable bonds is 5. The second-order valence-electron chi connectivity index (χ2n) is 6.30. The van der Waals surface area contributed by atoms with Crippen molar-refractivity contribution < 1.29 is 9.53 Å². The third kappa shape index (κ3) is 3.66. The van der Waals surface area contributed by atoms with E-state index in [9.17, 15) is 19.2 Å². The number of ether oxygens (including phenoxy) is 1. The molecular weight excluding hydrogens is 430 g/mol. The Morgan fingerprint density at radius 1 is 1.20 bits per heavy atom. The van der Waals surface area contributed by atoms with E-state index in [2.05, 4.69) is 10.1 Å². The van der Waals surface area contributed by atoms with E-state index in [0.29, 0.717) is 10.7 Å². The molecule has 0 fully saturated rings. The maximum absolute atomic E-state index is 12.5. The molecule has 0 unspecified atom stereocenters. The Balaban J connectivity index is 1.46. The van der Waals surface area contributed by atoms with Crippen LogP contribution in [0.3, 0.4) is 0 Å². The molecule has 0 aliphatic carbocycles. The van der Waals surface area contributed by atoms with Crippen LogP contribution in [0.4, 0.5) is 0 Å². The molecule has 0 saturated heterocycles. The van der Waals surface area contributed by atoms with E-state index < -0.39 is 17.2 Å². The summed E-state index contributed by atoms with van der Waals surface area (Å²) >= 11 is 2.24. The quantitative estimate of drug-likeness (QED) is 0.323. The Bertz CT molecular complexity index is 1470. The molecule has 0 N–H and O–H groups in total. The van der Waals surface area contributed by atoms with Gasteiger partial charge in [-0.25, -0.2) is 14.5 Å². The van der Waals surface area contributed by atoms with Crippen LogP contribution in [0.2, 0.25) is 0 Å². The molecule has 0 spiro atoms. The lowest BCUT2D eigenvalue weighted by atomic mass is 10.3. The van der Waals surface area contributed by atoms with Gasteiger partial charge in [0.05, 0.1) is 21.7 Å². The van der Waals surface area contributed by atoms with Gasteiger partial charge in [0.25, 0.3) is 11.1 Å². The summed E-state index contributed by atoms with van der Waals surface area (Å²) in [4.78, 5) is 53.1. The minimum Gasteiger partial charge on any atom is -0.459 e. The first-order valence-corrected chi connectivity index (χ1v) is 10.5. The molecule has 12 heteroatoms. The Morgan fingerprint density at radius 3 is 2.77 bits per heavy atom. The Morgan fingerprint density at radius 2 is 1.97 bits per heavy atom. The van der Waals surface area contributed by atoms with Crippen molar-refractivity contribution in [2.24, 2.45) is 14.1 Å². The summed E-state index contributed by atoms with van der Waals surface area (Å²) in [6.07, 6.45) is 0. The molecule has 4 aromatic rings. The van der Waals surface area contributed by atoms with Crippen molar-refractivity contribution >= 4 is 44.2 Å². The molecule has 30 heavy (non-hydrogen) atoms. The van der Waals surface area contributed by atoms with Crippen molar-refractivity contribution in [2.45, 2.75) is 11.6 Å². The molecule has 0 atom stereocenters. The summed E-state index contributed by atoms with van der Waals surface area (Å²) in [6.45, 7) is -0.169. The Hall–Kier alpha value is -3.25. The molecule has 0 bridgehead atoms. The normalized spacial score (nSPS) is 11.3. The number of fused-ring (bicyclic) bond motifs is 3. The van der Waals surface area contributed by atoms with Crippen molar-refractivity contribution in [3.8, 4) is 0 Å². The lowest BCUT2D eigenvalue weighted by molar-refractivity contribution is -0.141. The number of thiazole rings is 1. The highest BCUT2D eigenvalue weighted by Gasteiger charge is 2.14. The fourth-order valence-electron chi connectivity index (χ4n) is 2.78. The van der Waals surface area contributed by atoms with Crippen molar-refractivity contribution in [3.63, 3.8) is 0 Å². The van der Waals surface area contributed by atoms with E-state index in [-0.39, 0.29) is 22.9 Å². The predicted octanol–water partition coefficient (Wildman–Crippen LogP) is 0.537. The highest BCUT2D eigenvalue weighted by molar-refractivity contribution is 7.99. The van der Waals surface area contributed by atoms with E-state index in [1.165, 1.54) is 35.9 Å². The van der Waals surface area contributed by atoms with Crippen LogP contribution in [-0.2, 0) is 30.2 Å². The van der Waals surface area contributed by atoms with E-state index >= 15 is 0 Å². The summed E-state index contributed by atoms with van der Waals surface area (Å²) in [5.74, 6) is -0.777. The molecule has 0 amide bonds. The monoisotopic (exact) mass is 445 g/mol. The Labute approximate surface area is 176 Å². The van der Waals surface area contributed by atoms with Crippen LogP contribution in [0.15, 0.2) is 49.7 Å². The van der Waals surface area contributed by atoms with Crippen LogP contribution in [0.25, 0.3) is 15.2 Å². The van der Waals surface area contributed by atoms with Gasteiger partial charge >= 0.3 is 11.7 Å². The summed E-state index contributed by atoms with van der Waals surface area (Å²) < 4.78 is 9.56. The molecule has 4 rings (SSSR count). The molecular formula is C18H15N5O5S2. The molecule has 3 aromatic heterocycles. The van der Waals surface area contributed by atoms with Crippen LogP contribution in [0.1, 0.15) is 5.69 Å². The van der Waals surface area contributed by atoms with Gasteiger partial charge in [0.15, 0.2) is 9.99 Å². The largest absolute Gasteiger partial charge is 0.459 e. The van der Waals surface area contributed by atoms with Gasteiger partial charge < -0.3 is 4.74 Å². The number of hydrogen-bond donors (Lipinski definition) is 0. The highest BCUT2D eigenvalue weighted by atomic mass is 32.2. The standard InChI is InChI=1S/C18H15N5O5S2/c1-21-16(26)15(20-22(2)18(21)27)29-9-14(25)28-8-10-7-13(24)23-11-5-3-4-6-12(11)30-17(23)19-10/h3-7H,8-9H2,1-2H3. The minimum atomic E-state index is -0.601. The van der Waals surface area contributed by atoms with E-state index in [1.54, 1.807) is 0 Å². The SMILES string of the molecule is Cn1nc(SCC(=O)OCc2cc(=O)n3c(n2)sc2ccccc23)c(=O)n(C)c1=O. The lowest BCUT2D eigenvalue weighted by Crippen LogP contribution is -2.39. The van der Waals surface area contributed by atoms with Crippen molar-refractivity contribution in [1.82, 2.24) is 23.7 Å². The number of carbonyl (C=O) groups is 1. The predicted molar refractivity (Wildman–Crippen MR) is 112 cm³/mol. The van der Waals surface area contributed by atoms with Crippen LogP contribution in [0.5, 0.6) is 0 Å². The molecule has 1 aromatic carbocycles. The zero-order valence-electron chi connectivity index (χ0n) is 15.9. The summed E-state index contributed by atoms with van der Waals surface area (Å²) in [7, 11) is 2.75. The van der Waals surface area contributed by atoms with E-state index in [0.717, 1.165) is 31.2 Å². The fraction of sp³-hybridized carbons (Fsp3) is 0.222. The topological polar surface area (TPSA) is 118 Å². The van der Waals surface area contributed by atoms with Gasteiger partial charge in [0.1, 0.15) is 6.61 Å². The average Bonchev–Trinajstić information content (AvgIpc) is 3.11. The van der Waals surface area contributed by atoms with Crippen LogP contribution >= 0.6 is 23.1 Å². The number of para-hydroxylation sites is 1. The number of aryl methyl sites for hydroxylation is 1. The van der Waals surface area contributed by atoms with Crippen molar-refractivity contribution in [3.05, 3.63) is 67.2 Å². The molecule has 10 nitrogen and oxygen atoms in total. The molecule has 0 aliphatic heterocycles. The first-order chi connectivity index (χ1) is 14.3. The van der Waals surface area contributed by atoms with Gasteiger partial charge in [0.2, 0.25) is 0 Å². The molecule has 0 saturated carbocycles. The number of benzene rings is 1. The van der Waals surface area contributed by atoms with Crippen LogP contribution < -0.4 is 16.8 Å². The molecule has 0 aliphatic rings. The molecule has 3 heterocycles. The minimum absolute atomic E-state index is 0.0135. The summed E-state index contributed by atoms with van der Waals surface area (Å²) in [5, 5.41) is 3.87. The van der Waals surface area contributed by atoms with Gasteiger partial charge in [-0.2, -0.15) is 5.10 Å². The number of nitrogens with zero attached hydrogens (tertiary/aromatic N) is 5. The first kappa shape index (κ1) is 20.0. The lowest BCUT2D eigenvalue weighted by Gasteiger charge is -2.06. The van der Waals surface area contributed by atoms with Crippen LogP contribution in [-0.4, -0.2) is 35.5 Å². The number of hydrogen-bond acceptors (Lipinski definition) is 9. The van der Waals surface area contributed by atoms with Crippen molar-refractivity contribution in [2.75, 3.05) is 5.75 Å². The second kappa shape index (κ2) is 7.88. The number of esters is 1. The number of carbonyl (C=O) groups excluding carboxylic acids is 1. The van der Waals surface area contributed by atoms with Crippen LogP contribution in [0, 0.1) is 0 Å². The van der Waals surface area contributed by atoms with E-state index in [1.807, 2.05) is 24.3 Å². The molecule has 0 radical (unpaired) electrons. The number of aromatic nitrogens is 5. The summed E-state index contributed by atoms with van der Waals surface area (Å²) in [6, 6.07) is 8.81. The second-order valence-corrected chi connectivity index (χ2v) is 8.27. The van der Waals surface area contributed by atoms with Gasteiger partial charge in [-0.15, -0.1) is 0 Å². The summed E-state index contributed by atoms with van der Waals surface area (Å²) in [5.41, 5.74) is -0.278.